The third-order valence-electron chi connectivity index (χ3n) is 4.81. The van der Waals surface area contributed by atoms with Crippen molar-refractivity contribution >= 4 is 11.7 Å². The molecule has 3 rings (SSSR count). The minimum Gasteiger partial charge on any atom is -0.394 e. The maximum Gasteiger partial charge on any atom is 0.351 e. The molecule has 1 aliphatic rings. The molecule has 0 radical (unpaired) electrons. The van der Waals surface area contributed by atoms with Gasteiger partial charge in [0, 0.05) is 19.9 Å². The van der Waals surface area contributed by atoms with Gasteiger partial charge >= 0.3 is 5.69 Å². The Balaban J connectivity index is 1.78. The van der Waals surface area contributed by atoms with Crippen LogP contribution in [-0.2, 0) is 15.9 Å². The van der Waals surface area contributed by atoms with Crippen molar-refractivity contribution in [2.75, 3.05) is 26.0 Å². The maximum absolute atomic E-state index is 12.6. The molecule has 0 unspecified atom stereocenters. The number of aliphatic hydroxyl groups is 2. The van der Waals surface area contributed by atoms with Crippen LogP contribution >= 0.6 is 0 Å². The number of carbonyl (C=O) groups excluding carboxylic acids is 1. The Kier molecular flexibility index (Phi) is 6.60. The van der Waals surface area contributed by atoms with E-state index in [0.717, 1.165) is 10.1 Å². The summed E-state index contributed by atoms with van der Waals surface area (Å²) < 4.78 is 11.8. The lowest BCUT2D eigenvalue weighted by molar-refractivity contribution is -0.0625. The van der Waals surface area contributed by atoms with Crippen LogP contribution in [-0.4, -0.2) is 64.2 Å². The van der Waals surface area contributed by atoms with Gasteiger partial charge < -0.3 is 30.7 Å². The van der Waals surface area contributed by atoms with Crippen LogP contribution in [0, 0.1) is 0 Å². The van der Waals surface area contributed by atoms with Gasteiger partial charge in [0.05, 0.1) is 12.2 Å². The fourth-order valence-corrected chi connectivity index (χ4v) is 3.25. The molecule has 1 fully saturated rings. The first kappa shape index (κ1) is 20.9. The number of hydrogen-bond acceptors (Lipinski definition) is 8. The second kappa shape index (κ2) is 9.14. The highest BCUT2D eigenvalue weighted by molar-refractivity contribution is 5.97. The Morgan fingerprint density at radius 2 is 2.10 bits per heavy atom. The molecule has 29 heavy (non-hydrogen) atoms. The van der Waals surface area contributed by atoms with Gasteiger partial charge in [-0.05, 0) is 12.0 Å². The first-order chi connectivity index (χ1) is 14.0. The molecule has 1 aromatic carbocycles. The average molecular weight is 404 g/mol. The number of ether oxygens (including phenoxy) is 2. The summed E-state index contributed by atoms with van der Waals surface area (Å²) in [5, 5.41) is 22.3. The molecule has 0 saturated carbocycles. The number of amides is 1. The van der Waals surface area contributed by atoms with Crippen molar-refractivity contribution in [1.82, 2.24) is 14.9 Å². The van der Waals surface area contributed by atoms with E-state index in [4.69, 9.17) is 15.2 Å². The summed E-state index contributed by atoms with van der Waals surface area (Å²) in [4.78, 5) is 28.6. The number of benzene rings is 1. The van der Waals surface area contributed by atoms with Gasteiger partial charge in [-0.1, -0.05) is 30.3 Å². The summed E-state index contributed by atoms with van der Waals surface area (Å²) in [6, 6.07) is 9.64. The zero-order chi connectivity index (χ0) is 21.0. The van der Waals surface area contributed by atoms with Crippen LogP contribution in [0.1, 0.15) is 22.1 Å². The molecular formula is C19H24N4O6. The predicted octanol–water partition coefficient (Wildman–Crippen LogP) is -0.936. The summed E-state index contributed by atoms with van der Waals surface area (Å²) >= 11 is 0. The Morgan fingerprint density at radius 3 is 2.76 bits per heavy atom. The first-order valence-electron chi connectivity index (χ1n) is 9.14. The number of nitrogens with two attached hydrogens (primary N) is 1. The van der Waals surface area contributed by atoms with Crippen molar-refractivity contribution in [3.63, 3.8) is 0 Å². The fourth-order valence-electron chi connectivity index (χ4n) is 3.25. The van der Waals surface area contributed by atoms with E-state index >= 15 is 0 Å². The van der Waals surface area contributed by atoms with E-state index in [0.29, 0.717) is 13.0 Å². The minimum absolute atomic E-state index is 0.00180. The molecule has 1 saturated heterocycles. The van der Waals surface area contributed by atoms with E-state index in [1.807, 2.05) is 30.3 Å². The molecular weight excluding hydrogens is 380 g/mol. The number of methoxy groups -OCH3 is 1. The number of aromatic nitrogens is 2. The highest BCUT2D eigenvalue weighted by Crippen LogP contribution is 2.30. The smallest absolute Gasteiger partial charge is 0.351 e. The second-order valence-corrected chi connectivity index (χ2v) is 6.66. The number of nitrogen functional groups attached to an aromatic ring is 1. The number of aliphatic hydroxyl groups excluding tert-OH is 2. The monoisotopic (exact) mass is 404 g/mol. The quantitative estimate of drug-likeness (QED) is 0.462. The Labute approximate surface area is 166 Å². The molecule has 10 nitrogen and oxygen atoms in total. The van der Waals surface area contributed by atoms with Gasteiger partial charge in [0.25, 0.3) is 5.91 Å². The third-order valence-corrected chi connectivity index (χ3v) is 4.81. The van der Waals surface area contributed by atoms with Crippen LogP contribution < -0.4 is 16.7 Å². The molecule has 0 bridgehead atoms. The Morgan fingerprint density at radius 1 is 1.38 bits per heavy atom. The van der Waals surface area contributed by atoms with Crippen LogP contribution in [0.3, 0.4) is 0 Å². The van der Waals surface area contributed by atoms with Crippen LogP contribution in [0.4, 0.5) is 5.82 Å². The van der Waals surface area contributed by atoms with Crippen molar-refractivity contribution < 1.29 is 24.5 Å². The van der Waals surface area contributed by atoms with Crippen molar-refractivity contribution in [1.29, 1.82) is 0 Å². The molecule has 0 aliphatic carbocycles. The summed E-state index contributed by atoms with van der Waals surface area (Å²) in [5.74, 6) is -0.708. The molecule has 5 N–H and O–H groups in total. The van der Waals surface area contributed by atoms with Gasteiger partial charge in [-0.15, -0.1) is 0 Å². The molecule has 2 heterocycles. The maximum atomic E-state index is 12.6. The van der Waals surface area contributed by atoms with E-state index < -0.39 is 42.7 Å². The standard InChI is InChI=1S/C19H24N4O6/c1-28-15-14(25)13(10-24)29-18(15)23-9-12(16(20)22-19(23)27)17(26)21-8-7-11-5-3-2-4-6-11/h2-6,9,13-15,18,24-25H,7-8,10H2,1H3,(H,21,26)(H2,20,22,27)/t13-,14+,15-,18-/m1/s1. The second-order valence-electron chi connectivity index (χ2n) is 6.66. The lowest BCUT2D eigenvalue weighted by Gasteiger charge is -2.21. The zero-order valence-corrected chi connectivity index (χ0v) is 15.9. The lowest BCUT2D eigenvalue weighted by atomic mass is 10.1. The Hall–Kier alpha value is -2.79. The zero-order valence-electron chi connectivity index (χ0n) is 15.9. The van der Waals surface area contributed by atoms with E-state index in [2.05, 4.69) is 10.3 Å². The van der Waals surface area contributed by atoms with Crippen LogP contribution in [0.15, 0.2) is 41.3 Å². The molecule has 1 amide bonds. The number of rotatable bonds is 7. The van der Waals surface area contributed by atoms with E-state index in [-0.39, 0.29) is 11.4 Å². The highest BCUT2D eigenvalue weighted by Gasteiger charge is 2.45. The summed E-state index contributed by atoms with van der Waals surface area (Å²) in [5.41, 5.74) is 6.07. The molecule has 1 aliphatic heterocycles. The number of carbonyl (C=O) groups is 1. The van der Waals surface area contributed by atoms with E-state index in [1.54, 1.807) is 0 Å². The van der Waals surface area contributed by atoms with Gasteiger partial charge in [0.2, 0.25) is 0 Å². The van der Waals surface area contributed by atoms with Crippen molar-refractivity contribution in [3.8, 4) is 0 Å². The third kappa shape index (κ3) is 4.46. The first-order valence-corrected chi connectivity index (χ1v) is 9.14. The van der Waals surface area contributed by atoms with Gasteiger partial charge in [0.1, 0.15) is 24.1 Å². The van der Waals surface area contributed by atoms with Crippen LogP contribution in [0.2, 0.25) is 0 Å². The summed E-state index contributed by atoms with van der Waals surface area (Å²) in [6.45, 7) is -0.0884. The van der Waals surface area contributed by atoms with Gasteiger partial charge in [-0.25, -0.2) is 4.79 Å². The molecule has 0 spiro atoms. The molecule has 1 aromatic heterocycles. The topological polar surface area (TPSA) is 149 Å². The minimum atomic E-state index is -1.15. The van der Waals surface area contributed by atoms with Crippen molar-refractivity contribution in [3.05, 3.63) is 58.1 Å². The molecule has 4 atom stereocenters. The number of anilines is 1. The van der Waals surface area contributed by atoms with Gasteiger partial charge in [-0.2, -0.15) is 4.98 Å². The summed E-state index contributed by atoms with van der Waals surface area (Å²) in [6.07, 6.45) is -2.22. The molecule has 156 valence electrons. The average Bonchev–Trinajstić information content (AvgIpc) is 3.04. The van der Waals surface area contributed by atoms with E-state index in [1.165, 1.54) is 13.3 Å². The highest BCUT2D eigenvalue weighted by atomic mass is 16.6. The normalized spacial score (nSPS) is 23.8. The Bertz CT molecular complexity index is 903. The van der Waals surface area contributed by atoms with Crippen molar-refractivity contribution in [2.24, 2.45) is 0 Å². The number of nitrogens with zero attached hydrogens (tertiary/aromatic N) is 2. The predicted molar refractivity (Wildman–Crippen MR) is 103 cm³/mol. The SMILES string of the molecule is CO[C@@H]1[C@@H](O)[C@@H](CO)O[C@H]1n1cc(C(=O)NCCc2ccccc2)c(N)nc1=O. The number of hydrogen-bond donors (Lipinski definition) is 4. The lowest BCUT2D eigenvalue weighted by Crippen LogP contribution is -2.38. The fraction of sp³-hybridized carbons (Fsp3) is 0.421. The summed E-state index contributed by atoms with van der Waals surface area (Å²) in [7, 11) is 1.34. The largest absolute Gasteiger partial charge is 0.394 e. The van der Waals surface area contributed by atoms with Crippen molar-refractivity contribution in [2.45, 2.75) is 31.0 Å². The van der Waals surface area contributed by atoms with E-state index in [9.17, 15) is 19.8 Å². The molecule has 10 heteroatoms. The van der Waals surface area contributed by atoms with Crippen LogP contribution in [0.5, 0.6) is 0 Å². The molecule has 2 aromatic rings. The van der Waals surface area contributed by atoms with Gasteiger partial charge in [0.15, 0.2) is 6.23 Å². The van der Waals surface area contributed by atoms with Gasteiger partial charge in [-0.3, -0.25) is 9.36 Å². The van der Waals surface area contributed by atoms with Crippen LogP contribution in [0.25, 0.3) is 0 Å². The number of nitrogens with one attached hydrogen (secondary N) is 1.